The molecular formula is C14H17NO2. The largest absolute Gasteiger partial charge is 0.481 e. The Morgan fingerprint density at radius 2 is 2.24 bits per heavy atom. The monoisotopic (exact) mass is 231 g/mol. The quantitative estimate of drug-likeness (QED) is 0.811. The van der Waals surface area contributed by atoms with E-state index in [0.29, 0.717) is 0 Å². The van der Waals surface area contributed by atoms with Crippen molar-refractivity contribution in [3.05, 3.63) is 48.4 Å². The predicted molar refractivity (Wildman–Crippen MR) is 67.2 cm³/mol. The summed E-state index contributed by atoms with van der Waals surface area (Å²) in [5.74, 6) is -0.704. The van der Waals surface area contributed by atoms with Crippen LogP contribution in [0.15, 0.2) is 48.4 Å². The topological polar surface area (TPSA) is 40.5 Å². The van der Waals surface area contributed by atoms with Crippen molar-refractivity contribution in [3.63, 3.8) is 0 Å². The Labute approximate surface area is 101 Å². The zero-order valence-corrected chi connectivity index (χ0v) is 10.0. The maximum absolute atomic E-state index is 11.4. The molecule has 0 bridgehead atoms. The maximum Gasteiger partial charge on any atom is 0.314 e. The first-order valence-corrected chi connectivity index (χ1v) is 5.79. The van der Waals surface area contributed by atoms with Crippen molar-refractivity contribution in [3.8, 4) is 0 Å². The smallest absolute Gasteiger partial charge is 0.314 e. The Hall–Kier alpha value is -1.77. The lowest BCUT2D eigenvalue weighted by Crippen LogP contribution is -2.40. The summed E-state index contributed by atoms with van der Waals surface area (Å²) in [7, 11) is 1.92. The van der Waals surface area contributed by atoms with Gasteiger partial charge in [0.2, 0.25) is 0 Å². The number of rotatable bonds is 3. The highest BCUT2D eigenvalue weighted by molar-refractivity contribution is 5.81. The van der Waals surface area contributed by atoms with Crippen molar-refractivity contribution in [2.75, 3.05) is 7.05 Å². The van der Waals surface area contributed by atoms with Crippen LogP contribution in [0.25, 0.3) is 0 Å². The molecule has 0 radical (unpaired) electrons. The van der Waals surface area contributed by atoms with Gasteiger partial charge >= 0.3 is 5.97 Å². The molecule has 1 saturated carbocycles. The summed E-state index contributed by atoms with van der Waals surface area (Å²) in [5.41, 5.74) is 1.27. The molecule has 1 fully saturated rings. The third-order valence-corrected chi connectivity index (χ3v) is 3.63. The van der Waals surface area contributed by atoms with E-state index >= 15 is 0 Å². The molecule has 1 aliphatic heterocycles. The molecule has 0 aromatic heterocycles. The summed E-state index contributed by atoms with van der Waals surface area (Å²) >= 11 is 0. The Morgan fingerprint density at radius 3 is 2.65 bits per heavy atom. The average Bonchev–Trinajstić information content (AvgIpc) is 2.20. The molecule has 0 unspecified atom stereocenters. The van der Waals surface area contributed by atoms with Crippen LogP contribution >= 0.6 is 0 Å². The van der Waals surface area contributed by atoms with Crippen LogP contribution in [-0.4, -0.2) is 23.0 Å². The van der Waals surface area contributed by atoms with Gasteiger partial charge in [-0.2, -0.15) is 0 Å². The third-order valence-electron chi connectivity index (χ3n) is 3.63. The molecule has 0 atom stereocenters. The standard InChI is InChI=1S/C14H17NO2/c1-3-5-12-7-6-11(10-15(12)2)14(13(16)17)8-4-9-14/h3,5-7,10H,1,4,8-9H2,2H3,(H,16,17)/b12-5-. The number of aliphatic carboxylic acids is 1. The lowest BCUT2D eigenvalue weighted by molar-refractivity contribution is -0.150. The van der Waals surface area contributed by atoms with E-state index in [-0.39, 0.29) is 0 Å². The van der Waals surface area contributed by atoms with Gasteiger partial charge in [0.25, 0.3) is 0 Å². The van der Waals surface area contributed by atoms with Crippen molar-refractivity contribution in [2.24, 2.45) is 5.41 Å². The van der Waals surface area contributed by atoms with E-state index < -0.39 is 11.4 Å². The van der Waals surface area contributed by atoms with Gasteiger partial charge in [-0.1, -0.05) is 25.2 Å². The Morgan fingerprint density at radius 1 is 1.53 bits per heavy atom. The molecule has 90 valence electrons. The number of carboxylic acids is 1. The van der Waals surface area contributed by atoms with Gasteiger partial charge in [-0.15, -0.1) is 0 Å². The number of carbonyl (C=O) groups is 1. The van der Waals surface area contributed by atoms with Gasteiger partial charge in [0.1, 0.15) is 0 Å². The van der Waals surface area contributed by atoms with E-state index in [1.165, 1.54) is 0 Å². The lowest BCUT2D eigenvalue weighted by atomic mass is 9.64. The highest BCUT2D eigenvalue weighted by atomic mass is 16.4. The summed E-state index contributed by atoms with van der Waals surface area (Å²) in [6.07, 6.45) is 11.9. The average molecular weight is 231 g/mol. The molecule has 2 aliphatic rings. The fourth-order valence-electron chi connectivity index (χ4n) is 2.35. The SMILES string of the molecule is C=C/C=C1/C=CC(C2(C(=O)O)CCC2)=CN1C. The summed E-state index contributed by atoms with van der Waals surface area (Å²) in [6, 6.07) is 0. The van der Waals surface area contributed by atoms with Gasteiger partial charge in [0, 0.05) is 18.9 Å². The Kier molecular flexibility index (Phi) is 2.92. The molecule has 0 aromatic rings. The fourth-order valence-corrected chi connectivity index (χ4v) is 2.35. The van der Waals surface area contributed by atoms with Crippen LogP contribution in [-0.2, 0) is 4.79 Å². The van der Waals surface area contributed by atoms with Gasteiger partial charge < -0.3 is 10.0 Å². The second kappa shape index (κ2) is 4.24. The zero-order chi connectivity index (χ0) is 12.5. The number of hydrogen-bond donors (Lipinski definition) is 1. The molecular weight excluding hydrogens is 214 g/mol. The van der Waals surface area contributed by atoms with E-state index in [0.717, 1.165) is 30.5 Å². The Bertz CT molecular complexity index is 439. The lowest BCUT2D eigenvalue weighted by Gasteiger charge is -2.40. The minimum atomic E-state index is -0.704. The first-order valence-electron chi connectivity index (χ1n) is 5.79. The van der Waals surface area contributed by atoms with Crippen molar-refractivity contribution < 1.29 is 9.90 Å². The number of carboxylic acid groups (broad SMARTS) is 1. The zero-order valence-electron chi connectivity index (χ0n) is 10.0. The van der Waals surface area contributed by atoms with Gasteiger partial charge in [-0.05, 0) is 30.6 Å². The molecule has 0 amide bonds. The van der Waals surface area contributed by atoms with Crippen molar-refractivity contribution >= 4 is 5.97 Å². The molecule has 17 heavy (non-hydrogen) atoms. The van der Waals surface area contributed by atoms with E-state index in [1.54, 1.807) is 6.08 Å². The van der Waals surface area contributed by atoms with Crippen LogP contribution in [0.5, 0.6) is 0 Å². The molecule has 0 aromatic carbocycles. The summed E-state index contributed by atoms with van der Waals surface area (Å²) in [4.78, 5) is 13.3. The van der Waals surface area contributed by atoms with Crippen LogP contribution in [0.3, 0.4) is 0 Å². The molecule has 3 heteroatoms. The summed E-state index contributed by atoms with van der Waals surface area (Å²) < 4.78 is 0. The number of nitrogens with zero attached hydrogens (tertiary/aromatic N) is 1. The van der Waals surface area contributed by atoms with Crippen LogP contribution in [0.1, 0.15) is 19.3 Å². The van der Waals surface area contributed by atoms with E-state index in [4.69, 9.17) is 0 Å². The second-order valence-corrected chi connectivity index (χ2v) is 4.60. The highest BCUT2D eigenvalue weighted by Gasteiger charge is 2.47. The van der Waals surface area contributed by atoms with Gasteiger partial charge in [-0.25, -0.2) is 0 Å². The summed E-state index contributed by atoms with van der Waals surface area (Å²) in [6.45, 7) is 3.66. The van der Waals surface area contributed by atoms with Crippen LogP contribution in [0.4, 0.5) is 0 Å². The van der Waals surface area contributed by atoms with Gasteiger partial charge in [-0.3, -0.25) is 4.79 Å². The fraction of sp³-hybridized carbons (Fsp3) is 0.357. The first-order chi connectivity index (χ1) is 8.10. The molecule has 3 nitrogen and oxygen atoms in total. The number of hydrogen-bond acceptors (Lipinski definition) is 2. The molecule has 0 saturated heterocycles. The van der Waals surface area contributed by atoms with Crippen molar-refractivity contribution in [1.82, 2.24) is 4.90 Å². The maximum atomic E-state index is 11.4. The van der Waals surface area contributed by atoms with E-state index in [2.05, 4.69) is 6.58 Å². The minimum Gasteiger partial charge on any atom is -0.481 e. The highest BCUT2D eigenvalue weighted by Crippen LogP contribution is 2.48. The molecule has 1 N–H and O–H groups in total. The molecule has 1 aliphatic carbocycles. The Balaban J connectivity index is 2.28. The van der Waals surface area contributed by atoms with Crippen molar-refractivity contribution in [1.29, 1.82) is 0 Å². The minimum absolute atomic E-state index is 0.648. The van der Waals surface area contributed by atoms with E-state index in [1.807, 2.05) is 36.4 Å². The van der Waals surface area contributed by atoms with Gasteiger partial charge in [0.05, 0.1) is 5.41 Å². The molecule has 1 heterocycles. The number of allylic oxidation sites excluding steroid dienone is 4. The van der Waals surface area contributed by atoms with Crippen LogP contribution < -0.4 is 0 Å². The van der Waals surface area contributed by atoms with Crippen LogP contribution in [0.2, 0.25) is 0 Å². The third kappa shape index (κ3) is 1.82. The van der Waals surface area contributed by atoms with E-state index in [9.17, 15) is 9.90 Å². The van der Waals surface area contributed by atoms with Crippen LogP contribution in [0, 0.1) is 5.41 Å². The molecule has 2 rings (SSSR count). The molecule has 0 spiro atoms. The first kappa shape index (κ1) is 11.7. The van der Waals surface area contributed by atoms with Gasteiger partial charge in [0.15, 0.2) is 0 Å². The second-order valence-electron chi connectivity index (χ2n) is 4.60. The van der Waals surface area contributed by atoms with Crippen molar-refractivity contribution in [2.45, 2.75) is 19.3 Å². The summed E-state index contributed by atoms with van der Waals surface area (Å²) in [5, 5.41) is 9.37. The normalized spacial score (nSPS) is 24.2. The number of likely N-dealkylation sites (N-methyl/N-ethyl adjacent to an activating group) is 1. The predicted octanol–water partition coefficient (Wildman–Crippen LogP) is 2.70.